The van der Waals surface area contributed by atoms with E-state index in [1.54, 1.807) is 4.90 Å². The van der Waals surface area contributed by atoms with E-state index in [0.29, 0.717) is 13.1 Å². The topological polar surface area (TPSA) is 132 Å². The maximum absolute atomic E-state index is 14.1. The van der Waals surface area contributed by atoms with E-state index in [2.05, 4.69) is 15.6 Å². The molecule has 1 aliphatic rings. The highest BCUT2D eigenvalue weighted by Gasteiger charge is 2.31. The molecule has 1 saturated heterocycles. The van der Waals surface area contributed by atoms with Gasteiger partial charge in [0.15, 0.2) is 17.5 Å². The standard InChI is InChI=1S/C29H34F2N6O4/c1-29(2,32)28(40)34-23(17-41-16-19-8-4-3-5-9-19)26(38)35-24-15-37(18-33-24)25(27(39)36-12-6-7-13-36)20-10-11-21(30)22(31)14-20/h3-5,8-11,14-15,18,23,25H,6-7,12-13,16-17,32H2,1-2H3,(H,34,40)(H,35,38)/t23-,25?/m1/s1. The number of amides is 3. The molecule has 3 amide bonds. The lowest BCUT2D eigenvalue weighted by Crippen LogP contribution is -2.56. The second-order valence-electron chi connectivity index (χ2n) is 10.6. The molecule has 4 N–H and O–H groups in total. The van der Waals surface area contributed by atoms with Gasteiger partial charge in [0.1, 0.15) is 12.1 Å². The van der Waals surface area contributed by atoms with Gasteiger partial charge in [-0.2, -0.15) is 0 Å². The molecule has 41 heavy (non-hydrogen) atoms. The van der Waals surface area contributed by atoms with Crippen molar-refractivity contribution in [3.63, 3.8) is 0 Å². The molecule has 218 valence electrons. The number of nitrogens with two attached hydrogens (primary N) is 1. The Morgan fingerprint density at radius 1 is 1.07 bits per heavy atom. The number of nitrogens with one attached hydrogen (secondary N) is 2. The molecule has 3 aromatic rings. The van der Waals surface area contributed by atoms with Crippen LogP contribution in [0.2, 0.25) is 0 Å². The molecule has 1 fully saturated rings. The number of rotatable bonds is 11. The first-order valence-electron chi connectivity index (χ1n) is 13.3. The Balaban J connectivity index is 1.52. The zero-order valence-corrected chi connectivity index (χ0v) is 23.0. The Labute approximate surface area is 236 Å². The van der Waals surface area contributed by atoms with Crippen molar-refractivity contribution >= 4 is 23.5 Å². The van der Waals surface area contributed by atoms with Gasteiger partial charge >= 0.3 is 0 Å². The number of anilines is 1. The summed E-state index contributed by atoms with van der Waals surface area (Å²) in [5, 5.41) is 5.25. The summed E-state index contributed by atoms with van der Waals surface area (Å²) in [4.78, 5) is 45.1. The highest BCUT2D eigenvalue weighted by molar-refractivity contribution is 5.98. The van der Waals surface area contributed by atoms with Crippen LogP contribution in [-0.4, -0.2) is 63.4 Å². The van der Waals surface area contributed by atoms with E-state index >= 15 is 0 Å². The second-order valence-corrected chi connectivity index (χ2v) is 10.6. The number of ether oxygens (including phenoxy) is 1. The first kappa shape index (κ1) is 29.8. The third kappa shape index (κ3) is 7.74. The van der Waals surface area contributed by atoms with Gasteiger partial charge < -0.3 is 30.6 Å². The SMILES string of the molecule is CC(C)(N)C(=O)N[C@H](COCc1ccccc1)C(=O)Nc1cn(C(C(=O)N2CCCC2)c2ccc(F)c(F)c2)cn1. The fourth-order valence-electron chi connectivity index (χ4n) is 4.39. The van der Waals surface area contributed by atoms with Crippen LogP contribution in [0, 0.1) is 11.6 Å². The van der Waals surface area contributed by atoms with Crippen molar-refractivity contribution in [2.75, 3.05) is 25.0 Å². The van der Waals surface area contributed by atoms with Crippen molar-refractivity contribution in [3.05, 3.63) is 83.8 Å². The highest BCUT2D eigenvalue weighted by atomic mass is 19.2. The Hall–Kier alpha value is -4.16. The smallest absolute Gasteiger partial charge is 0.250 e. The molecule has 0 aliphatic carbocycles. The van der Waals surface area contributed by atoms with Gasteiger partial charge in [-0.3, -0.25) is 14.4 Å². The average Bonchev–Trinajstić information content (AvgIpc) is 3.63. The summed E-state index contributed by atoms with van der Waals surface area (Å²) in [5.74, 6) is -3.48. The quantitative estimate of drug-likeness (QED) is 0.326. The number of halogens is 2. The van der Waals surface area contributed by atoms with Gasteiger partial charge in [0.05, 0.1) is 25.1 Å². The summed E-state index contributed by atoms with van der Waals surface area (Å²) in [7, 11) is 0. The van der Waals surface area contributed by atoms with Crippen LogP contribution in [0.3, 0.4) is 0 Å². The lowest BCUT2D eigenvalue weighted by Gasteiger charge is -2.24. The predicted octanol–water partition coefficient (Wildman–Crippen LogP) is 2.75. The Kier molecular flexibility index (Phi) is 9.46. The summed E-state index contributed by atoms with van der Waals surface area (Å²) < 4.78 is 34.9. The number of aromatic nitrogens is 2. The molecule has 4 rings (SSSR count). The number of benzene rings is 2. The molecule has 0 saturated carbocycles. The summed E-state index contributed by atoms with van der Waals surface area (Å²) >= 11 is 0. The largest absolute Gasteiger partial charge is 0.374 e. The first-order valence-corrected chi connectivity index (χ1v) is 13.3. The van der Waals surface area contributed by atoms with Gasteiger partial charge in [0, 0.05) is 19.3 Å². The molecule has 1 aromatic heterocycles. The van der Waals surface area contributed by atoms with Gasteiger partial charge in [-0.15, -0.1) is 0 Å². The number of likely N-dealkylation sites (tertiary alicyclic amines) is 1. The van der Waals surface area contributed by atoms with Crippen molar-refractivity contribution in [2.24, 2.45) is 5.73 Å². The van der Waals surface area contributed by atoms with E-state index in [9.17, 15) is 23.2 Å². The van der Waals surface area contributed by atoms with E-state index in [4.69, 9.17) is 10.5 Å². The van der Waals surface area contributed by atoms with Crippen LogP contribution in [0.25, 0.3) is 0 Å². The first-order chi connectivity index (χ1) is 19.5. The highest BCUT2D eigenvalue weighted by Crippen LogP contribution is 2.26. The van der Waals surface area contributed by atoms with Crippen molar-refractivity contribution in [3.8, 4) is 0 Å². The van der Waals surface area contributed by atoms with Crippen LogP contribution in [0.15, 0.2) is 61.1 Å². The molecule has 1 unspecified atom stereocenters. The number of hydrogen-bond donors (Lipinski definition) is 3. The second kappa shape index (κ2) is 13.0. The molecule has 2 aromatic carbocycles. The van der Waals surface area contributed by atoms with Crippen molar-refractivity contribution in [2.45, 2.75) is 50.9 Å². The van der Waals surface area contributed by atoms with Crippen LogP contribution in [0.1, 0.15) is 43.9 Å². The van der Waals surface area contributed by atoms with E-state index in [0.717, 1.165) is 30.5 Å². The zero-order chi connectivity index (χ0) is 29.6. The fourth-order valence-corrected chi connectivity index (χ4v) is 4.39. The molecular weight excluding hydrogens is 534 g/mol. The van der Waals surface area contributed by atoms with Gasteiger partial charge in [-0.25, -0.2) is 13.8 Å². The number of carbonyl (C=O) groups is 3. The van der Waals surface area contributed by atoms with Gasteiger partial charge in [-0.05, 0) is 49.9 Å². The fraction of sp³-hybridized carbons (Fsp3) is 0.379. The molecule has 2 atom stereocenters. The molecule has 1 aliphatic heterocycles. The Bertz CT molecular complexity index is 1370. The molecule has 0 bridgehead atoms. The lowest BCUT2D eigenvalue weighted by atomic mass is 10.0. The zero-order valence-electron chi connectivity index (χ0n) is 23.0. The van der Waals surface area contributed by atoms with Crippen molar-refractivity contribution in [1.82, 2.24) is 19.8 Å². The maximum atomic E-state index is 14.1. The monoisotopic (exact) mass is 568 g/mol. The lowest BCUT2D eigenvalue weighted by molar-refractivity contribution is -0.132. The van der Waals surface area contributed by atoms with Crippen molar-refractivity contribution in [1.29, 1.82) is 0 Å². The maximum Gasteiger partial charge on any atom is 0.250 e. The van der Waals surface area contributed by atoms with E-state index in [1.807, 2.05) is 30.3 Å². The number of imidazole rings is 1. The normalized spacial score (nSPS) is 14.9. The Morgan fingerprint density at radius 3 is 2.44 bits per heavy atom. The van der Waals surface area contributed by atoms with Crippen LogP contribution < -0.4 is 16.4 Å². The molecule has 2 heterocycles. The van der Waals surface area contributed by atoms with Gasteiger partial charge in [-0.1, -0.05) is 36.4 Å². The molecule has 0 radical (unpaired) electrons. The molecule has 10 nitrogen and oxygen atoms in total. The summed E-state index contributed by atoms with van der Waals surface area (Å²) in [6, 6.07) is 10.5. The predicted molar refractivity (Wildman–Crippen MR) is 147 cm³/mol. The van der Waals surface area contributed by atoms with E-state index < -0.39 is 41.1 Å². The van der Waals surface area contributed by atoms with E-state index in [1.165, 1.54) is 37.0 Å². The Morgan fingerprint density at radius 2 is 1.78 bits per heavy atom. The number of nitrogens with zero attached hydrogens (tertiary/aromatic N) is 3. The van der Waals surface area contributed by atoms with Crippen molar-refractivity contribution < 1.29 is 27.9 Å². The summed E-state index contributed by atoms with van der Waals surface area (Å²) in [6.45, 7) is 4.21. The molecular formula is C29H34F2N6O4. The minimum Gasteiger partial charge on any atom is -0.374 e. The van der Waals surface area contributed by atoms with Gasteiger partial charge in [0.2, 0.25) is 11.8 Å². The van der Waals surface area contributed by atoms with Crippen LogP contribution in [-0.2, 0) is 25.7 Å². The van der Waals surface area contributed by atoms with Crippen LogP contribution in [0.4, 0.5) is 14.6 Å². The minimum absolute atomic E-state index is 0.0890. The minimum atomic E-state index is -1.24. The van der Waals surface area contributed by atoms with Crippen LogP contribution in [0.5, 0.6) is 0 Å². The summed E-state index contributed by atoms with van der Waals surface area (Å²) in [6.07, 6.45) is 4.45. The van der Waals surface area contributed by atoms with Gasteiger partial charge in [0.25, 0.3) is 5.91 Å². The third-order valence-electron chi connectivity index (χ3n) is 6.67. The summed E-state index contributed by atoms with van der Waals surface area (Å²) in [5.41, 5.74) is 5.79. The van der Waals surface area contributed by atoms with Crippen LogP contribution >= 0.6 is 0 Å². The average molecular weight is 569 g/mol. The number of hydrogen-bond acceptors (Lipinski definition) is 6. The number of carbonyl (C=O) groups excluding carboxylic acids is 3. The molecule has 0 spiro atoms. The van der Waals surface area contributed by atoms with E-state index in [-0.39, 0.29) is 30.5 Å². The molecule has 12 heteroatoms. The third-order valence-corrected chi connectivity index (χ3v) is 6.67.